The molecule has 2 aromatic heterocycles. The minimum absolute atomic E-state index is 0.0975. The van der Waals surface area contributed by atoms with Gasteiger partial charge in [-0.1, -0.05) is 5.16 Å². The van der Waals surface area contributed by atoms with Crippen molar-refractivity contribution in [3.8, 4) is 0 Å². The van der Waals surface area contributed by atoms with Crippen LogP contribution in [0.15, 0.2) is 22.3 Å². The summed E-state index contributed by atoms with van der Waals surface area (Å²) in [5.74, 6) is 1.26. The largest absolute Gasteiger partial charge is 0.361 e. The predicted molar refractivity (Wildman–Crippen MR) is 73.4 cm³/mol. The van der Waals surface area contributed by atoms with E-state index in [9.17, 15) is 4.79 Å². The van der Waals surface area contributed by atoms with E-state index >= 15 is 0 Å². The minimum atomic E-state index is 0.0975. The maximum Gasteiger partial charge on any atom is 0.229 e. The summed E-state index contributed by atoms with van der Waals surface area (Å²) in [5.41, 5.74) is 1.04. The fourth-order valence-corrected chi connectivity index (χ4v) is 3.41. The van der Waals surface area contributed by atoms with Gasteiger partial charge >= 0.3 is 0 Å². The van der Waals surface area contributed by atoms with E-state index in [-0.39, 0.29) is 11.8 Å². The number of anilines is 1. The average Bonchev–Trinajstić information content (AvgIpc) is 3.06. The van der Waals surface area contributed by atoms with Crippen LogP contribution in [-0.2, 0) is 17.8 Å². The highest BCUT2D eigenvalue weighted by atomic mass is 32.1. The number of carbonyl (C=O) groups excluding carboxylic acids is 1. The molecule has 1 fully saturated rings. The SMILES string of the molecule is O=C(C1CN(c2nccs2)C1)N1CCc2oncc2C1. The lowest BCUT2D eigenvalue weighted by Gasteiger charge is -2.41. The Morgan fingerprint density at radius 3 is 3.15 bits per heavy atom. The molecule has 1 amide bonds. The number of hydrogen-bond acceptors (Lipinski definition) is 6. The lowest BCUT2D eigenvalue weighted by atomic mass is 9.97. The van der Waals surface area contributed by atoms with Crippen molar-refractivity contribution in [1.82, 2.24) is 15.0 Å². The lowest BCUT2D eigenvalue weighted by molar-refractivity contribution is -0.137. The van der Waals surface area contributed by atoms with Gasteiger partial charge in [-0.3, -0.25) is 4.79 Å². The molecule has 4 rings (SSSR count). The van der Waals surface area contributed by atoms with Crippen molar-refractivity contribution in [2.75, 3.05) is 24.5 Å². The summed E-state index contributed by atoms with van der Waals surface area (Å²) < 4.78 is 5.15. The van der Waals surface area contributed by atoms with E-state index in [1.54, 1.807) is 23.7 Å². The summed E-state index contributed by atoms with van der Waals surface area (Å²) in [7, 11) is 0. The van der Waals surface area contributed by atoms with E-state index < -0.39 is 0 Å². The van der Waals surface area contributed by atoms with Crippen LogP contribution in [0.5, 0.6) is 0 Å². The normalized spacial score (nSPS) is 18.8. The van der Waals surface area contributed by atoms with Gasteiger partial charge in [-0.15, -0.1) is 11.3 Å². The van der Waals surface area contributed by atoms with Gasteiger partial charge in [0.2, 0.25) is 5.91 Å². The number of nitrogens with zero attached hydrogens (tertiary/aromatic N) is 4. The minimum Gasteiger partial charge on any atom is -0.361 e. The summed E-state index contributed by atoms with van der Waals surface area (Å²) in [4.78, 5) is 20.8. The molecule has 0 bridgehead atoms. The van der Waals surface area contributed by atoms with Crippen LogP contribution >= 0.6 is 11.3 Å². The van der Waals surface area contributed by atoms with Crippen molar-refractivity contribution < 1.29 is 9.32 Å². The van der Waals surface area contributed by atoms with Crippen LogP contribution in [0, 0.1) is 5.92 Å². The van der Waals surface area contributed by atoms with Crippen molar-refractivity contribution in [3.63, 3.8) is 0 Å². The van der Waals surface area contributed by atoms with Gasteiger partial charge in [0.15, 0.2) is 5.13 Å². The molecule has 6 nitrogen and oxygen atoms in total. The lowest BCUT2D eigenvalue weighted by Crippen LogP contribution is -2.55. The van der Waals surface area contributed by atoms with Gasteiger partial charge in [0.1, 0.15) is 5.76 Å². The van der Waals surface area contributed by atoms with Crippen LogP contribution in [0.4, 0.5) is 5.13 Å². The van der Waals surface area contributed by atoms with E-state index in [1.165, 1.54) is 0 Å². The van der Waals surface area contributed by atoms with Gasteiger partial charge in [0.05, 0.1) is 18.7 Å². The summed E-state index contributed by atoms with van der Waals surface area (Å²) in [6.07, 6.45) is 4.29. The second-order valence-corrected chi connectivity index (χ2v) is 6.07. The van der Waals surface area contributed by atoms with Crippen LogP contribution in [-0.4, -0.2) is 40.6 Å². The zero-order chi connectivity index (χ0) is 13.5. The third-order valence-corrected chi connectivity index (χ3v) is 4.76. The number of hydrogen-bond donors (Lipinski definition) is 0. The van der Waals surface area contributed by atoms with Gasteiger partial charge < -0.3 is 14.3 Å². The van der Waals surface area contributed by atoms with Crippen molar-refractivity contribution >= 4 is 22.4 Å². The first-order valence-electron chi connectivity index (χ1n) is 6.67. The molecule has 2 aromatic rings. The maximum absolute atomic E-state index is 12.5. The van der Waals surface area contributed by atoms with Crippen LogP contribution < -0.4 is 4.90 Å². The third-order valence-electron chi connectivity index (χ3n) is 3.93. The Kier molecular flexibility index (Phi) is 2.73. The predicted octanol–water partition coefficient (Wildman–Crippen LogP) is 1.15. The molecule has 7 heteroatoms. The van der Waals surface area contributed by atoms with E-state index in [1.807, 2.05) is 10.3 Å². The van der Waals surface area contributed by atoms with E-state index in [0.29, 0.717) is 6.54 Å². The standard InChI is InChI=1S/C13H14N4O2S/c18-12(10-7-17(8-10)13-14-2-4-20-13)16-3-1-11-9(6-16)5-15-19-11/h2,4-5,10H,1,3,6-8H2. The Morgan fingerprint density at radius 2 is 2.35 bits per heavy atom. The first kappa shape index (κ1) is 11.9. The fraction of sp³-hybridized carbons (Fsp3) is 0.462. The fourth-order valence-electron chi connectivity index (χ4n) is 2.75. The van der Waals surface area contributed by atoms with E-state index in [0.717, 1.165) is 42.5 Å². The number of rotatable bonds is 2. The molecule has 0 unspecified atom stereocenters. The van der Waals surface area contributed by atoms with E-state index in [2.05, 4.69) is 15.0 Å². The molecule has 2 aliphatic rings. The monoisotopic (exact) mass is 290 g/mol. The highest BCUT2D eigenvalue weighted by molar-refractivity contribution is 7.13. The molecule has 0 N–H and O–H groups in total. The quantitative estimate of drug-likeness (QED) is 0.830. The second-order valence-electron chi connectivity index (χ2n) is 5.20. The molecular weight excluding hydrogens is 276 g/mol. The van der Waals surface area contributed by atoms with Crippen molar-refractivity contribution in [2.45, 2.75) is 13.0 Å². The molecule has 0 aliphatic carbocycles. The first-order valence-corrected chi connectivity index (χ1v) is 7.55. The van der Waals surface area contributed by atoms with Crippen molar-refractivity contribution in [3.05, 3.63) is 29.1 Å². The van der Waals surface area contributed by atoms with E-state index in [4.69, 9.17) is 4.52 Å². The van der Waals surface area contributed by atoms with Crippen LogP contribution in [0.2, 0.25) is 0 Å². The Labute approximate surface area is 120 Å². The Bertz CT molecular complexity index is 618. The zero-order valence-electron chi connectivity index (χ0n) is 10.9. The molecule has 0 spiro atoms. The average molecular weight is 290 g/mol. The molecule has 104 valence electrons. The van der Waals surface area contributed by atoms with Crippen molar-refractivity contribution in [1.29, 1.82) is 0 Å². The smallest absolute Gasteiger partial charge is 0.229 e. The molecule has 0 saturated carbocycles. The number of fused-ring (bicyclic) bond motifs is 1. The molecule has 2 aliphatic heterocycles. The molecule has 0 radical (unpaired) electrons. The maximum atomic E-state index is 12.5. The van der Waals surface area contributed by atoms with Crippen LogP contribution in [0.1, 0.15) is 11.3 Å². The topological polar surface area (TPSA) is 62.5 Å². The van der Waals surface area contributed by atoms with Gasteiger partial charge in [-0.2, -0.15) is 0 Å². The molecule has 1 saturated heterocycles. The molecular formula is C13H14N4O2S. The zero-order valence-corrected chi connectivity index (χ0v) is 11.7. The number of amides is 1. The molecule has 0 aromatic carbocycles. The number of carbonyl (C=O) groups is 1. The Morgan fingerprint density at radius 1 is 1.45 bits per heavy atom. The van der Waals surface area contributed by atoms with Crippen LogP contribution in [0.25, 0.3) is 0 Å². The highest BCUT2D eigenvalue weighted by Gasteiger charge is 2.37. The van der Waals surface area contributed by atoms with Crippen molar-refractivity contribution in [2.24, 2.45) is 5.92 Å². The highest BCUT2D eigenvalue weighted by Crippen LogP contribution is 2.28. The van der Waals surface area contributed by atoms with Gasteiger partial charge in [0.25, 0.3) is 0 Å². The third kappa shape index (κ3) is 1.89. The number of thiazole rings is 1. The molecule has 4 heterocycles. The van der Waals surface area contributed by atoms with Gasteiger partial charge in [-0.05, 0) is 0 Å². The summed E-state index contributed by atoms with van der Waals surface area (Å²) >= 11 is 1.62. The Hall–Kier alpha value is -1.89. The summed E-state index contributed by atoms with van der Waals surface area (Å²) in [6.45, 7) is 2.92. The van der Waals surface area contributed by atoms with Gasteiger partial charge in [-0.25, -0.2) is 4.98 Å². The first-order chi connectivity index (χ1) is 9.81. The molecule has 0 atom stereocenters. The van der Waals surface area contributed by atoms with Crippen LogP contribution in [0.3, 0.4) is 0 Å². The summed E-state index contributed by atoms with van der Waals surface area (Å²) in [6, 6.07) is 0. The second kappa shape index (κ2) is 4.59. The number of aromatic nitrogens is 2. The Balaban J connectivity index is 1.38. The summed E-state index contributed by atoms with van der Waals surface area (Å²) in [5, 5.41) is 6.76. The van der Waals surface area contributed by atoms with Gasteiger partial charge in [0, 0.05) is 43.2 Å². The molecule has 20 heavy (non-hydrogen) atoms.